The highest BCUT2D eigenvalue weighted by Crippen LogP contribution is 2.05. The van der Waals surface area contributed by atoms with E-state index in [0.29, 0.717) is 12.1 Å². The van der Waals surface area contributed by atoms with Crippen molar-refractivity contribution >= 4 is 18.4 Å². The van der Waals surface area contributed by atoms with Crippen LogP contribution in [0, 0.1) is 0 Å². The van der Waals surface area contributed by atoms with Crippen molar-refractivity contribution in [3.05, 3.63) is 71.3 Å². The predicted molar refractivity (Wildman–Crippen MR) is 82.5 cm³/mol. The smallest absolute Gasteiger partial charge is 0.335 e. The summed E-state index contributed by atoms with van der Waals surface area (Å²) in [6, 6.07) is 17.3. The van der Waals surface area contributed by atoms with Gasteiger partial charge in [-0.1, -0.05) is 42.5 Å². The maximum absolute atomic E-state index is 10.8. The molecular formula is C16H18ClNO2. The Balaban J connectivity index is 0.00000200. The molecule has 0 aliphatic carbocycles. The molecule has 2 rings (SSSR count). The number of nitrogens with one attached hydrogen (secondary N) is 1. The lowest BCUT2D eigenvalue weighted by Gasteiger charge is -2.06. The van der Waals surface area contributed by atoms with E-state index < -0.39 is 5.97 Å². The van der Waals surface area contributed by atoms with Gasteiger partial charge in [0, 0.05) is 6.54 Å². The average Bonchev–Trinajstić information content (AvgIpc) is 2.45. The quantitative estimate of drug-likeness (QED) is 0.804. The third-order valence-corrected chi connectivity index (χ3v) is 2.94. The molecule has 0 aliphatic rings. The van der Waals surface area contributed by atoms with Crippen LogP contribution in [-0.2, 0) is 13.0 Å². The van der Waals surface area contributed by atoms with Gasteiger partial charge in [0.1, 0.15) is 0 Å². The van der Waals surface area contributed by atoms with Crippen LogP contribution in [0.1, 0.15) is 21.5 Å². The Morgan fingerprint density at radius 2 is 1.70 bits per heavy atom. The minimum atomic E-state index is -0.883. The first kappa shape index (κ1) is 16.2. The number of carbonyl (C=O) groups is 1. The van der Waals surface area contributed by atoms with E-state index in [1.54, 1.807) is 18.2 Å². The number of benzene rings is 2. The normalized spacial score (nSPS) is 9.80. The number of carboxylic acid groups (broad SMARTS) is 1. The van der Waals surface area contributed by atoms with Crippen molar-refractivity contribution < 1.29 is 9.90 Å². The van der Waals surface area contributed by atoms with Gasteiger partial charge in [-0.2, -0.15) is 0 Å². The molecule has 0 unspecified atom stereocenters. The summed E-state index contributed by atoms with van der Waals surface area (Å²) in [7, 11) is 0. The van der Waals surface area contributed by atoms with E-state index in [4.69, 9.17) is 5.11 Å². The molecule has 0 spiro atoms. The topological polar surface area (TPSA) is 49.3 Å². The van der Waals surface area contributed by atoms with Crippen LogP contribution in [0.4, 0.5) is 0 Å². The van der Waals surface area contributed by atoms with Crippen LogP contribution in [0.3, 0.4) is 0 Å². The van der Waals surface area contributed by atoms with Crippen LogP contribution in [0.15, 0.2) is 54.6 Å². The molecule has 2 aromatic carbocycles. The summed E-state index contributed by atoms with van der Waals surface area (Å²) < 4.78 is 0. The predicted octanol–water partition coefficient (Wildman–Crippen LogP) is 3.14. The SMILES string of the molecule is Cl.O=C(O)c1cccc(CNCCc2ccccc2)c1. The van der Waals surface area contributed by atoms with Crippen molar-refractivity contribution in [2.24, 2.45) is 0 Å². The molecule has 0 saturated carbocycles. The third-order valence-electron chi connectivity index (χ3n) is 2.94. The van der Waals surface area contributed by atoms with Gasteiger partial charge in [-0.05, 0) is 36.2 Å². The van der Waals surface area contributed by atoms with Crippen molar-refractivity contribution in [1.82, 2.24) is 5.32 Å². The number of halogens is 1. The van der Waals surface area contributed by atoms with E-state index >= 15 is 0 Å². The van der Waals surface area contributed by atoms with Gasteiger partial charge >= 0.3 is 5.97 Å². The fourth-order valence-electron chi connectivity index (χ4n) is 1.92. The highest BCUT2D eigenvalue weighted by atomic mass is 35.5. The number of aromatic carboxylic acids is 1. The minimum absolute atomic E-state index is 0. The van der Waals surface area contributed by atoms with Crippen molar-refractivity contribution in [2.75, 3.05) is 6.54 Å². The third kappa shape index (κ3) is 5.03. The molecule has 0 atom stereocenters. The Kier molecular flexibility index (Phi) is 6.77. The largest absolute Gasteiger partial charge is 0.478 e. The second-order valence-corrected chi connectivity index (χ2v) is 4.42. The highest BCUT2D eigenvalue weighted by molar-refractivity contribution is 5.87. The molecule has 3 nitrogen and oxygen atoms in total. The first-order valence-corrected chi connectivity index (χ1v) is 6.32. The summed E-state index contributed by atoms with van der Waals surface area (Å²) >= 11 is 0. The molecule has 0 radical (unpaired) electrons. The van der Waals surface area contributed by atoms with Crippen LogP contribution in [0.25, 0.3) is 0 Å². The Hall–Kier alpha value is -1.84. The van der Waals surface area contributed by atoms with Crippen molar-refractivity contribution in [2.45, 2.75) is 13.0 Å². The number of rotatable bonds is 6. The molecule has 0 saturated heterocycles. The van der Waals surface area contributed by atoms with E-state index in [1.807, 2.05) is 24.3 Å². The fourth-order valence-corrected chi connectivity index (χ4v) is 1.92. The monoisotopic (exact) mass is 291 g/mol. The summed E-state index contributed by atoms with van der Waals surface area (Å²) in [5, 5.41) is 12.2. The van der Waals surface area contributed by atoms with Crippen LogP contribution >= 0.6 is 12.4 Å². The second kappa shape index (κ2) is 8.35. The zero-order chi connectivity index (χ0) is 13.5. The first-order valence-electron chi connectivity index (χ1n) is 6.32. The maximum atomic E-state index is 10.8. The Morgan fingerprint density at radius 3 is 2.40 bits per heavy atom. The number of carboxylic acids is 1. The highest BCUT2D eigenvalue weighted by Gasteiger charge is 2.02. The van der Waals surface area contributed by atoms with Gasteiger partial charge in [-0.15, -0.1) is 12.4 Å². The van der Waals surface area contributed by atoms with Gasteiger partial charge in [0.2, 0.25) is 0 Å². The van der Waals surface area contributed by atoms with Crippen LogP contribution in [0.5, 0.6) is 0 Å². The molecule has 0 heterocycles. The Bertz CT molecular complexity index is 543. The molecule has 4 heteroatoms. The molecule has 2 aromatic rings. The summed E-state index contributed by atoms with van der Waals surface area (Å²) in [6.45, 7) is 1.56. The fraction of sp³-hybridized carbons (Fsp3) is 0.188. The average molecular weight is 292 g/mol. The van der Waals surface area contributed by atoms with E-state index in [2.05, 4.69) is 17.4 Å². The second-order valence-electron chi connectivity index (χ2n) is 4.42. The minimum Gasteiger partial charge on any atom is -0.478 e. The molecule has 0 aliphatic heterocycles. The van der Waals surface area contributed by atoms with E-state index in [-0.39, 0.29) is 12.4 Å². The van der Waals surface area contributed by atoms with Gasteiger partial charge in [0.15, 0.2) is 0 Å². The zero-order valence-corrected chi connectivity index (χ0v) is 11.9. The number of hydrogen-bond acceptors (Lipinski definition) is 2. The standard InChI is InChI=1S/C16H17NO2.ClH/c18-16(19)15-8-4-7-14(11-15)12-17-10-9-13-5-2-1-3-6-13;/h1-8,11,17H,9-10,12H2,(H,18,19);1H. The van der Waals surface area contributed by atoms with Gasteiger partial charge < -0.3 is 10.4 Å². The van der Waals surface area contributed by atoms with Crippen LogP contribution < -0.4 is 5.32 Å². The van der Waals surface area contributed by atoms with Gasteiger partial charge in [0.05, 0.1) is 5.56 Å². The summed E-state index contributed by atoms with van der Waals surface area (Å²) in [4.78, 5) is 10.8. The lowest BCUT2D eigenvalue weighted by atomic mass is 10.1. The van der Waals surface area contributed by atoms with Crippen molar-refractivity contribution in [3.8, 4) is 0 Å². The lowest BCUT2D eigenvalue weighted by Crippen LogP contribution is -2.16. The van der Waals surface area contributed by atoms with Gasteiger partial charge in [0.25, 0.3) is 0 Å². The van der Waals surface area contributed by atoms with Gasteiger partial charge in [-0.25, -0.2) is 4.79 Å². The molecule has 0 bridgehead atoms. The molecule has 2 N–H and O–H groups in total. The molecular weight excluding hydrogens is 274 g/mol. The lowest BCUT2D eigenvalue weighted by molar-refractivity contribution is 0.0696. The van der Waals surface area contributed by atoms with Gasteiger partial charge in [-0.3, -0.25) is 0 Å². The molecule has 0 fully saturated rings. The maximum Gasteiger partial charge on any atom is 0.335 e. The molecule has 20 heavy (non-hydrogen) atoms. The van der Waals surface area contributed by atoms with E-state index in [1.165, 1.54) is 5.56 Å². The molecule has 0 amide bonds. The van der Waals surface area contributed by atoms with Crippen molar-refractivity contribution in [1.29, 1.82) is 0 Å². The molecule has 0 aromatic heterocycles. The number of hydrogen-bond donors (Lipinski definition) is 2. The van der Waals surface area contributed by atoms with E-state index in [9.17, 15) is 4.79 Å². The Labute approximate surface area is 125 Å². The van der Waals surface area contributed by atoms with Crippen LogP contribution in [-0.4, -0.2) is 17.6 Å². The summed E-state index contributed by atoms with van der Waals surface area (Å²) in [5.41, 5.74) is 2.63. The van der Waals surface area contributed by atoms with Crippen LogP contribution in [0.2, 0.25) is 0 Å². The zero-order valence-electron chi connectivity index (χ0n) is 11.1. The van der Waals surface area contributed by atoms with E-state index in [0.717, 1.165) is 18.5 Å². The first-order chi connectivity index (χ1) is 9.25. The molecule has 106 valence electrons. The van der Waals surface area contributed by atoms with Crippen molar-refractivity contribution in [3.63, 3.8) is 0 Å². The summed E-state index contributed by atoms with van der Waals surface area (Å²) in [5.74, 6) is -0.883. The summed E-state index contributed by atoms with van der Waals surface area (Å²) in [6.07, 6.45) is 0.972. The Morgan fingerprint density at radius 1 is 1.00 bits per heavy atom.